The SMILES string of the molecule is COC(=O)/C(=C/c1ccc(SCc2ccc(Cl)cc2)cc1Br)N=[N+]=[N-]. The lowest BCUT2D eigenvalue weighted by Gasteiger charge is -2.06. The smallest absolute Gasteiger partial charge is 0.340 e. The maximum absolute atomic E-state index is 11.6. The van der Waals surface area contributed by atoms with Crippen molar-refractivity contribution in [2.45, 2.75) is 10.6 Å². The minimum Gasteiger partial charge on any atom is -0.466 e. The molecule has 0 aliphatic heterocycles. The first kappa shape index (κ1) is 19.4. The fourth-order valence-corrected chi connectivity index (χ4v) is 3.55. The topological polar surface area (TPSA) is 75.1 Å². The Morgan fingerprint density at radius 3 is 2.68 bits per heavy atom. The van der Waals surface area contributed by atoms with Crippen molar-refractivity contribution in [1.82, 2.24) is 0 Å². The van der Waals surface area contributed by atoms with Gasteiger partial charge in [0.15, 0.2) is 0 Å². The van der Waals surface area contributed by atoms with E-state index in [-0.39, 0.29) is 5.70 Å². The molecule has 0 radical (unpaired) electrons. The Kier molecular flexibility index (Phi) is 7.40. The summed E-state index contributed by atoms with van der Waals surface area (Å²) in [4.78, 5) is 15.3. The Balaban J connectivity index is 2.15. The molecule has 2 rings (SSSR count). The van der Waals surface area contributed by atoms with Crippen molar-refractivity contribution in [2.75, 3.05) is 7.11 Å². The molecule has 0 fully saturated rings. The van der Waals surface area contributed by atoms with Crippen LogP contribution in [0, 0.1) is 0 Å². The monoisotopic (exact) mass is 437 g/mol. The molecule has 0 bridgehead atoms. The predicted molar refractivity (Wildman–Crippen MR) is 104 cm³/mol. The lowest BCUT2D eigenvalue weighted by molar-refractivity contribution is -0.136. The van der Waals surface area contributed by atoms with E-state index in [0.717, 1.165) is 15.1 Å². The zero-order valence-electron chi connectivity index (χ0n) is 13.1. The van der Waals surface area contributed by atoms with Gasteiger partial charge < -0.3 is 4.74 Å². The summed E-state index contributed by atoms with van der Waals surface area (Å²) >= 11 is 11.0. The molecule has 0 aliphatic carbocycles. The van der Waals surface area contributed by atoms with Crippen LogP contribution in [-0.2, 0) is 15.3 Å². The second kappa shape index (κ2) is 9.53. The Hall–Kier alpha value is -1.92. The highest BCUT2D eigenvalue weighted by Gasteiger charge is 2.09. The van der Waals surface area contributed by atoms with Gasteiger partial charge in [0.05, 0.1) is 7.11 Å². The van der Waals surface area contributed by atoms with E-state index >= 15 is 0 Å². The highest BCUT2D eigenvalue weighted by Crippen LogP contribution is 2.29. The average Bonchev–Trinajstić information content (AvgIpc) is 2.62. The summed E-state index contributed by atoms with van der Waals surface area (Å²) in [5.41, 5.74) is 10.3. The number of esters is 1. The minimum atomic E-state index is -0.689. The maximum atomic E-state index is 11.6. The number of carbonyl (C=O) groups excluding carboxylic acids is 1. The van der Waals surface area contributed by atoms with Crippen molar-refractivity contribution in [2.24, 2.45) is 5.11 Å². The Labute approximate surface area is 162 Å². The molecule has 0 aliphatic rings. The molecule has 2 aromatic carbocycles. The highest BCUT2D eigenvalue weighted by molar-refractivity contribution is 9.10. The van der Waals surface area contributed by atoms with Crippen molar-refractivity contribution in [1.29, 1.82) is 0 Å². The number of hydrogen-bond acceptors (Lipinski definition) is 4. The third-order valence-electron chi connectivity index (χ3n) is 3.13. The lowest BCUT2D eigenvalue weighted by Crippen LogP contribution is -2.02. The number of rotatable bonds is 6. The molecule has 128 valence electrons. The van der Waals surface area contributed by atoms with Gasteiger partial charge in [-0.15, -0.1) is 11.8 Å². The van der Waals surface area contributed by atoms with Gasteiger partial charge in [-0.1, -0.05) is 50.8 Å². The van der Waals surface area contributed by atoms with Gasteiger partial charge in [0.1, 0.15) is 5.70 Å². The first-order valence-corrected chi connectivity index (χ1v) is 9.21. The van der Waals surface area contributed by atoms with E-state index in [0.29, 0.717) is 10.6 Å². The molecule has 25 heavy (non-hydrogen) atoms. The van der Waals surface area contributed by atoms with Gasteiger partial charge in [-0.25, -0.2) is 4.79 Å². The molecular formula is C17H13BrClN3O2S. The van der Waals surface area contributed by atoms with Crippen molar-refractivity contribution in [3.63, 3.8) is 0 Å². The number of carbonyl (C=O) groups is 1. The van der Waals surface area contributed by atoms with E-state index in [4.69, 9.17) is 17.1 Å². The Morgan fingerprint density at radius 1 is 1.36 bits per heavy atom. The van der Waals surface area contributed by atoms with Gasteiger partial charge in [-0.3, -0.25) is 0 Å². The molecule has 0 saturated heterocycles. The molecule has 0 spiro atoms. The first-order chi connectivity index (χ1) is 12.0. The first-order valence-electron chi connectivity index (χ1n) is 7.05. The summed E-state index contributed by atoms with van der Waals surface area (Å²) in [6.45, 7) is 0. The molecule has 5 nitrogen and oxygen atoms in total. The van der Waals surface area contributed by atoms with Crippen LogP contribution in [0.3, 0.4) is 0 Å². The molecule has 2 aromatic rings. The number of ether oxygens (including phenoxy) is 1. The largest absolute Gasteiger partial charge is 0.466 e. The van der Waals surface area contributed by atoms with E-state index < -0.39 is 5.97 Å². The van der Waals surface area contributed by atoms with Crippen molar-refractivity contribution in [3.05, 3.63) is 79.2 Å². The van der Waals surface area contributed by atoms with E-state index in [1.165, 1.54) is 18.7 Å². The normalized spacial score (nSPS) is 10.9. The van der Waals surface area contributed by atoms with Gasteiger partial charge in [-0.05, 0) is 47.0 Å². The molecule has 0 N–H and O–H groups in total. The highest BCUT2D eigenvalue weighted by atomic mass is 79.9. The number of halogens is 2. The molecular weight excluding hydrogens is 426 g/mol. The minimum absolute atomic E-state index is 0.104. The Morgan fingerprint density at radius 2 is 2.08 bits per heavy atom. The van der Waals surface area contributed by atoms with E-state index in [2.05, 4.69) is 30.7 Å². The molecule has 8 heteroatoms. The fraction of sp³-hybridized carbons (Fsp3) is 0.118. The molecule has 0 unspecified atom stereocenters. The van der Waals surface area contributed by atoms with Gasteiger partial charge >= 0.3 is 5.97 Å². The Bertz CT molecular complexity index is 849. The number of azide groups is 1. The molecule has 0 aromatic heterocycles. The summed E-state index contributed by atoms with van der Waals surface area (Å²) in [5.74, 6) is 0.121. The molecule has 0 amide bonds. The average molecular weight is 439 g/mol. The molecule has 0 heterocycles. The number of thioether (sulfide) groups is 1. The second-order valence-corrected chi connectivity index (χ2v) is 7.15. The van der Waals surface area contributed by atoms with Crippen molar-refractivity contribution in [3.8, 4) is 0 Å². The second-order valence-electron chi connectivity index (χ2n) is 4.81. The van der Waals surface area contributed by atoms with Crippen LogP contribution in [0.1, 0.15) is 11.1 Å². The van der Waals surface area contributed by atoms with Crippen LogP contribution < -0.4 is 0 Å². The molecule has 0 atom stereocenters. The zero-order chi connectivity index (χ0) is 18.2. The van der Waals surface area contributed by atoms with Crippen LogP contribution in [-0.4, -0.2) is 13.1 Å². The van der Waals surface area contributed by atoms with Gasteiger partial charge in [0.2, 0.25) is 0 Å². The lowest BCUT2D eigenvalue weighted by atomic mass is 10.2. The van der Waals surface area contributed by atoms with Crippen LogP contribution in [0.2, 0.25) is 5.02 Å². The molecule has 0 saturated carbocycles. The third-order valence-corrected chi connectivity index (χ3v) is 5.13. The quantitative estimate of drug-likeness (QED) is 0.134. The summed E-state index contributed by atoms with van der Waals surface area (Å²) in [6, 6.07) is 13.4. The third kappa shape index (κ3) is 5.83. The predicted octanol–water partition coefficient (Wildman–Crippen LogP) is 6.22. The standard InChI is InChI=1S/C17H13BrClN3O2S/c1-24-17(23)16(21-22-20)8-12-4-7-14(9-15(12)18)25-10-11-2-5-13(19)6-3-11/h2-9H,10H2,1H3/b16-8-. The van der Waals surface area contributed by atoms with Crippen molar-refractivity contribution < 1.29 is 9.53 Å². The number of methoxy groups -OCH3 is 1. The van der Waals surface area contributed by atoms with Gasteiger partial charge in [-0.2, -0.15) is 0 Å². The zero-order valence-corrected chi connectivity index (χ0v) is 16.3. The van der Waals surface area contributed by atoms with E-state index in [9.17, 15) is 4.79 Å². The van der Waals surface area contributed by atoms with Crippen LogP contribution in [0.25, 0.3) is 16.5 Å². The maximum Gasteiger partial charge on any atom is 0.340 e. The summed E-state index contributed by atoms with van der Waals surface area (Å²) < 4.78 is 5.38. The summed E-state index contributed by atoms with van der Waals surface area (Å²) in [6.07, 6.45) is 1.48. The van der Waals surface area contributed by atoms with Crippen LogP contribution in [0.15, 0.2) is 62.6 Å². The summed E-state index contributed by atoms with van der Waals surface area (Å²) in [7, 11) is 1.23. The number of nitrogens with zero attached hydrogens (tertiary/aromatic N) is 3. The van der Waals surface area contributed by atoms with E-state index in [1.54, 1.807) is 11.8 Å². The number of benzene rings is 2. The van der Waals surface area contributed by atoms with Gasteiger partial charge in [0.25, 0.3) is 0 Å². The fourth-order valence-electron chi connectivity index (χ4n) is 1.89. The number of hydrogen-bond donors (Lipinski definition) is 0. The van der Waals surface area contributed by atoms with E-state index in [1.807, 2.05) is 42.5 Å². The summed E-state index contributed by atoms with van der Waals surface area (Å²) in [5, 5.41) is 4.08. The van der Waals surface area contributed by atoms with Crippen LogP contribution in [0.5, 0.6) is 0 Å². The van der Waals surface area contributed by atoms with Crippen LogP contribution in [0.4, 0.5) is 0 Å². The van der Waals surface area contributed by atoms with Crippen LogP contribution >= 0.6 is 39.3 Å². The van der Waals surface area contributed by atoms with Crippen molar-refractivity contribution >= 4 is 51.3 Å². The van der Waals surface area contributed by atoms with Gasteiger partial charge in [0, 0.05) is 25.1 Å².